The number of halogens is 4. The summed E-state index contributed by atoms with van der Waals surface area (Å²) >= 11 is 2.96. The number of hydrogen-bond acceptors (Lipinski definition) is 2. The van der Waals surface area contributed by atoms with Gasteiger partial charge in [-0.1, -0.05) is 12.8 Å². The number of nitrogens with two attached hydrogens (primary N) is 1. The van der Waals surface area contributed by atoms with Gasteiger partial charge in [0.1, 0.15) is 5.75 Å². The third kappa shape index (κ3) is 2.36. The number of hydrogen-bond donors (Lipinski definition) is 2. The summed E-state index contributed by atoms with van der Waals surface area (Å²) in [5.41, 5.74) is 4.82. The molecule has 1 aromatic rings. The molecule has 0 amide bonds. The molecule has 1 saturated carbocycles. The number of alkyl halides is 3. The minimum Gasteiger partial charge on any atom is -0.506 e. The van der Waals surface area contributed by atoms with Crippen LogP contribution in [-0.4, -0.2) is 5.11 Å². The largest absolute Gasteiger partial charge is 0.506 e. The average molecular weight is 324 g/mol. The summed E-state index contributed by atoms with van der Waals surface area (Å²) in [5.74, 6) is -0.784. The minimum atomic E-state index is -4.59. The second-order valence-electron chi connectivity index (χ2n) is 4.72. The molecule has 0 aliphatic heterocycles. The molecule has 1 aliphatic carbocycles. The van der Waals surface area contributed by atoms with Crippen LogP contribution < -0.4 is 5.73 Å². The quantitative estimate of drug-likeness (QED) is 0.823. The van der Waals surface area contributed by atoms with E-state index in [-0.39, 0.29) is 4.47 Å². The Hall–Kier alpha value is -0.750. The molecule has 3 N–H and O–H groups in total. The molecule has 0 radical (unpaired) electrons. The van der Waals surface area contributed by atoms with Crippen molar-refractivity contribution in [2.75, 3.05) is 0 Å². The van der Waals surface area contributed by atoms with Crippen molar-refractivity contribution < 1.29 is 18.3 Å². The standard InChI is InChI=1S/C12H13BrF3NO/c13-9-6-7(11(17)3-1-2-4-11)5-8(10(9)18)12(14,15)16/h5-6,18H,1-4,17H2. The van der Waals surface area contributed by atoms with Crippen molar-refractivity contribution in [3.63, 3.8) is 0 Å². The molecule has 0 saturated heterocycles. The normalized spacial score (nSPS) is 19.2. The summed E-state index contributed by atoms with van der Waals surface area (Å²) < 4.78 is 38.4. The van der Waals surface area contributed by atoms with E-state index in [1.165, 1.54) is 6.07 Å². The van der Waals surface area contributed by atoms with Crippen molar-refractivity contribution in [2.45, 2.75) is 37.4 Å². The molecule has 1 aliphatic rings. The van der Waals surface area contributed by atoms with Gasteiger partial charge in [-0.2, -0.15) is 13.2 Å². The van der Waals surface area contributed by atoms with Crippen LogP contribution in [0.1, 0.15) is 36.8 Å². The summed E-state index contributed by atoms with van der Waals surface area (Å²) in [4.78, 5) is 0. The van der Waals surface area contributed by atoms with E-state index in [4.69, 9.17) is 5.73 Å². The molecule has 0 bridgehead atoms. The van der Waals surface area contributed by atoms with Gasteiger partial charge in [0.2, 0.25) is 0 Å². The van der Waals surface area contributed by atoms with E-state index in [0.717, 1.165) is 18.9 Å². The first kappa shape index (κ1) is 13.7. The van der Waals surface area contributed by atoms with Crippen molar-refractivity contribution >= 4 is 15.9 Å². The van der Waals surface area contributed by atoms with Crippen LogP contribution in [0.5, 0.6) is 5.75 Å². The van der Waals surface area contributed by atoms with E-state index < -0.39 is 23.0 Å². The monoisotopic (exact) mass is 323 g/mol. The topological polar surface area (TPSA) is 46.2 Å². The Morgan fingerprint density at radius 2 is 1.78 bits per heavy atom. The van der Waals surface area contributed by atoms with Gasteiger partial charge in [0, 0.05) is 5.54 Å². The van der Waals surface area contributed by atoms with Gasteiger partial charge in [-0.15, -0.1) is 0 Å². The zero-order valence-corrected chi connectivity index (χ0v) is 11.1. The van der Waals surface area contributed by atoms with Crippen LogP contribution in [0, 0.1) is 0 Å². The maximum atomic E-state index is 12.8. The number of phenols is 1. The van der Waals surface area contributed by atoms with E-state index >= 15 is 0 Å². The first-order valence-electron chi connectivity index (χ1n) is 5.63. The first-order chi connectivity index (χ1) is 8.24. The maximum absolute atomic E-state index is 12.8. The van der Waals surface area contributed by atoms with Crippen LogP contribution in [-0.2, 0) is 11.7 Å². The van der Waals surface area contributed by atoms with Gasteiger partial charge >= 0.3 is 6.18 Å². The molecule has 0 unspecified atom stereocenters. The molecule has 2 nitrogen and oxygen atoms in total. The van der Waals surface area contributed by atoms with E-state index in [2.05, 4.69) is 15.9 Å². The molecular weight excluding hydrogens is 311 g/mol. The molecular formula is C12H13BrF3NO. The van der Waals surface area contributed by atoms with E-state index in [1.807, 2.05) is 0 Å². The van der Waals surface area contributed by atoms with Crippen molar-refractivity contribution in [2.24, 2.45) is 5.73 Å². The molecule has 100 valence electrons. The van der Waals surface area contributed by atoms with Crippen LogP contribution in [0.15, 0.2) is 16.6 Å². The third-order valence-corrected chi connectivity index (χ3v) is 4.04. The van der Waals surface area contributed by atoms with Crippen molar-refractivity contribution in [3.8, 4) is 5.75 Å². The Balaban J connectivity index is 2.54. The summed E-state index contributed by atoms with van der Waals surface area (Å²) in [7, 11) is 0. The highest BCUT2D eigenvalue weighted by atomic mass is 79.9. The van der Waals surface area contributed by atoms with Gasteiger partial charge in [-0.3, -0.25) is 0 Å². The van der Waals surface area contributed by atoms with Crippen LogP contribution in [0.2, 0.25) is 0 Å². The third-order valence-electron chi connectivity index (χ3n) is 3.44. The van der Waals surface area contributed by atoms with Gasteiger partial charge < -0.3 is 10.8 Å². The van der Waals surface area contributed by atoms with E-state index in [0.29, 0.717) is 18.4 Å². The first-order valence-corrected chi connectivity index (χ1v) is 6.42. The van der Waals surface area contributed by atoms with E-state index in [1.54, 1.807) is 0 Å². The second kappa shape index (κ2) is 4.42. The summed E-state index contributed by atoms with van der Waals surface area (Å²) in [6.45, 7) is 0. The predicted octanol–water partition coefficient (Wildman–Crippen LogP) is 3.90. The fraction of sp³-hybridized carbons (Fsp3) is 0.500. The summed E-state index contributed by atoms with van der Waals surface area (Å²) in [5, 5.41) is 9.48. The van der Waals surface area contributed by atoms with Crippen LogP contribution in [0.25, 0.3) is 0 Å². The Kier molecular flexibility index (Phi) is 3.36. The maximum Gasteiger partial charge on any atom is 0.420 e. The highest BCUT2D eigenvalue weighted by Gasteiger charge is 2.38. The summed E-state index contributed by atoms with van der Waals surface area (Å²) in [6, 6.07) is 2.45. The number of aromatic hydroxyl groups is 1. The lowest BCUT2D eigenvalue weighted by atomic mass is 9.88. The average Bonchev–Trinajstić information content (AvgIpc) is 2.68. The van der Waals surface area contributed by atoms with Crippen molar-refractivity contribution in [1.82, 2.24) is 0 Å². The van der Waals surface area contributed by atoms with E-state index in [9.17, 15) is 18.3 Å². The predicted molar refractivity (Wildman–Crippen MR) is 65.1 cm³/mol. The van der Waals surface area contributed by atoms with Crippen LogP contribution in [0.3, 0.4) is 0 Å². The SMILES string of the molecule is NC1(c2cc(Br)c(O)c(C(F)(F)F)c2)CCCC1. The molecule has 0 aromatic heterocycles. The molecule has 0 atom stereocenters. The van der Waals surface area contributed by atoms with Gasteiger partial charge in [-0.05, 0) is 46.5 Å². The molecule has 1 aromatic carbocycles. The van der Waals surface area contributed by atoms with Gasteiger partial charge in [0.15, 0.2) is 0 Å². The van der Waals surface area contributed by atoms with Crippen molar-refractivity contribution in [1.29, 1.82) is 0 Å². The fourth-order valence-corrected chi connectivity index (χ4v) is 2.86. The molecule has 2 rings (SSSR count). The Morgan fingerprint density at radius 3 is 2.28 bits per heavy atom. The van der Waals surface area contributed by atoms with Crippen LogP contribution in [0.4, 0.5) is 13.2 Å². The highest BCUT2D eigenvalue weighted by molar-refractivity contribution is 9.10. The minimum absolute atomic E-state index is 0.0315. The van der Waals surface area contributed by atoms with Crippen molar-refractivity contribution in [3.05, 3.63) is 27.7 Å². The molecule has 6 heteroatoms. The lowest BCUT2D eigenvalue weighted by molar-refractivity contribution is -0.138. The lowest BCUT2D eigenvalue weighted by Crippen LogP contribution is -2.33. The molecule has 1 fully saturated rings. The fourth-order valence-electron chi connectivity index (χ4n) is 2.40. The van der Waals surface area contributed by atoms with Gasteiger partial charge in [0.05, 0.1) is 10.0 Å². The van der Waals surface area contributed by atoms with Gasteiger partial charge in [0.25, 0.3) is 0 Å². The smallest absolute Gasteiger partial charge is 0.420 e. The molecule has 0 heterocycles. The molecule has 0 spiro atoms. The Morgan fingerprint density at radius 1 is 1.22 bits per heavy atom. The Labute approximate surface area is 111 Å². The van der Waals surface area contributed by atoms with Crippen LogP contribution >= 0.6 is 15.9 Å². The second-order valence-corrected chi connectivity index (χ2v) is 5.57. The molecule has 18 heavy (non-hydrogen) atoms. The number of rotatable bonds is 1. The number of phenolic OH excluding ortho intramolecular Hbond substituents is 1. The Bertz CT molecular complexity index is 467. The zero-order valence-electron chi connectivity index (χ0n) is 9.52. The highest BCUT2D eigenvalue weighted by Crippen LogP contribution is 2.44. The lowest BCUT2D eigenvalue weighted by Gasteiger charge is -2.26. The van der Waals surface area contributed by atoms with Gasteiger partial charge in [-0.25, -0.2) is 0 Å². The summed E-state index contributed by atoms with van der Waals surface area (Å²) in [6.07, 6.45) is -1.42. The number of benzene rings is 1. The zero-order chi connectivity index (χ0) is 13.6.